The van der Waals surface area contributed by atoms with Crippen LogP contribution in [-0.2, 0) is 4.79 Å². The van der Waals surface area contributed by atoms with E-state index < -0.39 is 0 Å². The third kappa shape index (κ3) is 2.53. The van der Waals surface area contributed by atoms with Crippen molar-refractivity contribution in [2.75, 3.05) is 5.32 Å². The Morgan fingerprint density at radius 3 is 2.77 bits per heavy atom. The molecule has 1 N–H and O–H groups in total. The van der Waals surface area contributed by atoms with E-state index in [2.05, 4.69) is 20.3 Å². The largest absolute Gasteiger partial charge is 0.310 e. The highest BCUT2D eigenvalue weighted by Crippen LogP contribution is 2.30. The van der Waals surface area contributed by atoms with Crippen LogP contribution >= 0.6 is 0 Å². The summed E-state index contributed by atoms with van der Waals surface area (Å²) in [5.74, 6) is 0.801. The molecule has 0 atom stereocenters. The van der Waals surface area contributed by atoms with Gasteiger partial charge in [-0.25, -0.2) is 4.98 Å². The fourth-order valence-corrected chi connectivity index (χ4v) is 2.36. The maximum Gasteiger partial charge on any atom is 0.228 e. The molecule has 3 aromatic heterocycles. The molecule has 3 aromatic rings. The van der Waals surface area contributed by atoms with Crippen LogP contribution in [0.4, 0.5) is 5.82 Å². The molecule has 5 nitrogen and oxygen atoms in total. The van der Waals surface area contributed by atoms with Crippen LogP contribution in [0.2, 0.25) is 0 Å². The fourth-order valence-electron chi connectivity index (χ4n) is 2.36. The number of pyridine rings is 3. The van der Waals surface area contributed by atoms with Gasteiger partial charge in [-0.1, -0.05) is 6.07 Å². The number of amides is 1. The van der Waals surface area contributed by atoms with Crippen molar-refractivity contribution in [2.24, 2.45) is 5.92 Å². The number of rotatable bonds is 3. The van der Waals surface area contributed by atoms with Gasteiger partial charge in [0.25, 0.3) is 0 Å². The number of carbonyl (C=O) groups is 1. The van der Waals surface area contributed by atoms with Crippen molar-refractivity contribution in [2.45, 2.75) is 12.8 Å². The van der Waals surface area contributed by atoms with Crippen LogP contribution in [-0.4, -0.2) is 20.9 Å². The van der Waals surface area contributed by atoms with Crippen molar-refractivity contribution in [1.82, 2.24) is 15.0 Å². The van der Waals surface area contributed by atoms with Crippen molar-refractivity contribution in [3.8, 4) is 11.1 Å². The van der Waals surface area contributed by atoms with E-state index in [1.807, 2.05) is 30.5 Å². The second-order valence-corrected chi connectivity index (χ2v) is 5.49. The van der Waals surface area contributed by atoms with Gasteiger partial charge in [0.2, 0.25) is 5.91 Å². The van der Waals surface area contributed by atoms with Gasteiger partial charge in [0.1, 0.15) is 5.82 Å². The molecule has 0 radical (unpaired) electrons. The molecular formula is C17H14N4O. The molecule has 0 unspecified atom stereocenters. The summed E-state index contributed by atoms with van der Waals surface area (Å²) in [6.07, 6.45) is 9.00. The average molecular weight is 290 g/mol. The third-order valence-corrected chi connectivity index (χ3v) is 3.76. The second kappa shape index (κ2) is 5.18. The summed E-state index contributed by atoms with van der Waals surface area (Å²) in [5, 5.41) is 3.81. The first kappa shape index (κ1) is 12.9. The Labute approximate surface area is 127 Å². The van der Waals surface area contributed by atoms with Crippen molar-refractivity contribution in [1.29, 1.82) is 0 Å². The zero-order chi connectivity index (χ0) is 14.9. The lowest BCUT2D eigenvalue weighted by Gasteiger charge is -2.06. The van der Waals surface area contributed by atoms with E-state index in [0.29, 0.717) is 5.82 Å². The topological polar surface area (TPSA) is 67.8 Å². The summed E-state index contributed by atoms with van der Waals surface area (Å²) in [7, 11) is 0. The predicted octanol–water partition coefficient (Wildman–Crippen LogP) is 3.04. The summed E-state index contributed by atoms with van der Waals surface area (Å²) in [6, 6.07) is 7.79. The maximum atomic E-state index is 11.8. The highest BCUT2D eigenvalue weighted by molar-refractivity contribution is 5.95. The van der Waals surface area contributed by atoms with E-state index in [9.17, 15) is 4.79 Å². The Morgan fingerprint density at radius 2 is 2.00 bits per heavy atom. The van der Waals surface area contributed by atoms with Gasteiger partial charge in [0.15, 0.2) is 0 Å². The molecule has 1 amide bonds. The van der Waals surface area contributed by atoms with Crippen LogP contribution in [0.25, 0.3) is 22.0 Å². The van der Waals surface area contributed by atoms with E-state index in [1.54, 1.807) is 18.6 Å². The first-order valence-corrected chi connectivity index (χ1v) is 7.27. The van der Waals surface area contributed by atoms with E-state index in [1.165, 1.54) is 0 Å². The summed E-state index contributed by atoms with van der Waals surface area (Å²) < 4.78 is 0. The molecule has 108 valence electrons. The highest BCUT2D eigenvalue weighted by Gasteiger charge is 2.29. The van der Waals surface area contributed by atoms with Crippen LogP contribution in [0, 0.1) is 5.92 Å². The lowest BCUT2D eigenvalue weighted by atomic mass is 10.1. The number of nitrogens with one attached hydrogen (secondary N) is 1. The Hall–Kier alpha value is -2.82. The highest BCUT2D eigenvalue weighted by atomic mass is 16.2. The number of fused-ring (bicyclic) bond motifs is 1. The molecule has 0 aromatic carbocycles. The molecule has 0 aliphatic heterocycles. The Bertz CT molecular complexity index is 844. The molecule has 0 spiro atoms. The van der Waals surface area contributed by atoms with E-state index in [-0.39, 0.29) is 11.8 Å². The normalized spacial score (nSPS) is 14.0. The standard InChI is InChI=1S/C17H14N4O/c22-17(11-3-4-11)21-16-7-13-6-14(9-19-15(13)10-20-16)12-2-1-5-18-8-12/h1-2,5-11H,3-4H2,(H,20,21,22). The second-order valence-electron chi connectivity index (χ2n) is 5.49. The fraction of sp³-hybridized carbons (Fsp3) is 0.176. The summed E-state index contributed by atoms with van der Waals surface area (Å²) in [5.41, 5.74) is 2.81. The monoisotopic (exact) mass is 290 g/mol. The van der Waals surface area contributed by atoms with E-state index >= 15 is 0 Å². The number of carbonyl (C=O) groups excluding carboxylic acids is 1. The van der Waals surface area contributed by atoms with Gasteiger partial charge >= 0.3 is 0 Å². The van der Waals surface area contributed by atoms with Crippen LogP contribution in [0.3, 0.4) is 0 Å². The molecule has 1 aliphatic carbocycles. The molecule has 3 heterocycles. The van der Waals surface area contributed by atoms with Crippen molar-refractivity contribution in [3.05, 3.63) is 49.1 Å². The first-order chi connectivity index (χ1) is 10.8. The number of hydrogen-bond donors (Lipinski definition) is 1. The van der Waals surface area contributed by atoms with Crippen molar-refractivity contribution in [3.63, 3.8) is 0 Å². The van der Waals surface area contributed by atoms with E-state index in [4.69, 9.17) is 0 Å². The van der Waals surface area contributed by atoms with Crippen molar-refractivity contribution >= 4 is 22.6 Å². The molecule has 0 saturated heterocycles. The summed E-state index contributed by atoms with van der Waals surface area (Å²) in [4.78, 5) is 24.6. The van der Waals surface area contributed by atoms with Gasteiger partial charge in [-0.3, -0.25) is 14.8 Å². The van der Waals surface area contributed by atoms with Crippen molar-refractivity contribution < 1.29 is 4.79 Å². The number of aromatic nitrogens is 3. The number of anilines is 1. The summed E-state index contributed by atoms with van der Waals surface area (Å²) in [6.45, 7) is 0. The predicted molar refractivity (Wildman–Crippen MR) is 84.1 cm³/mol. The average Bonchev–Trinajstić information content (AvgIpc) is 3.40. The molecule has 4 rings (SSSR count). The maximum absolute atomic E-state index is 11.8. The number of nitrogens with zero attached hydrogens (tertiary/aromatic N) is 3. The zero-order valence-corrected chi connectivity index (χ0v) is 11.9. The van der Waals surface area contributed by atoms with Gasteiger partial charge in [-0.05, 0) is 31.0 Å². The SMILES string of the molecule is O=C(Nc1cc2cc(-c3cccnc3)cnc2cn1)C1CC1. The molecule has 1 fully saturated rings. The van der Waals surface area contributed by atoms with Crippen LogP contribution in [0.5, 0.6) is 0 Å². The molecule has 22 heavy (non-hydrogen) atoms. The molecule has 5 heteroatoms. The molecular weight excluding hydrogens is 276 g/mol. The lowest BCUT2D eigenvalue weighted by Crippen LogP contribution is -2.14. The van der Waals surface area contributed by atoms with Gasteiger partial charge in [0.05, 0.1) is 11.7 Å². The van der Waals surface area contributed by atoms with Crippen LogP contribution in [0.15, 0.2) is 49.1 Å². The van der Waals surface area contributed by atoms with Gasteiger partial charge in [-0.2, -0.15) is 0 Å². The van der Waals surface area contributed by atoms with Gasteiger partial charge in [0, 0.05) is 41.0 Å². The Kier molecular flexibility index (Phi) is 3.04. The molecule has 1 saturated carbocycles. The smallest absolute Gasteiger partial charge is 0.228 e. The third-order valence-electron chi connectivity index (χ3n) is 3.76. The zero-order valence-electron chi connectivity index (χ0n) is 11.9. The van der Waals surface area contributed by atoms with E-state index in [0.717, 1.165) is 34.9 Å². The van der Waals surface area contributed by atoms with Gasteiger partial charge < -0.3 is 5.32 Å². The lowest BCUT2D eigenvalue weighted by molar-refractivity contribution is -0.117. The Morgan fingerprint density at radius 1 is 1.09 bits per heavy atom. The van der Waals surface area contributed by atoms with Gasteiger partial charge in [-0.15, -0.1) is 0 Å². The number of hydrogen-bond acceptors (Lipinski definition) is 4. The minimum absolute atomic E-state index is 0.0585. The first-order valence-electron chi connectivity index (χ1n) is 7.27. The van der Waals surface area contributed by atoms with Crippen LogP contribution in [0.1, 0.15) is 12.8 Å². The molecule has 0 bridgehead atoms. The minimum atomic E-state index is 0.0585. The molecule has 1 aliphatic rings. The minimum Gasteiger partial charge on any atom is -0.310 e. The summed E-state index contributed by atoms with van der Waals surface area (Å²) >= 11 is 0. The Balaban J connectivity index is 1.69. The quantitative estimate of drug-likeness (QED) is 0.805. The van der Waals surface area contributed by atoms with Crippen LogP contribution < -0.4 is 5.32 Å².